The predicted octanol–water partition coefficient (Wildman–Crippen LogP) is 3.59. The molecule has 0 unspecified atom stereocenters. The zero-order chi connectivity index (χ0) is 14.5. The molecule has 0 aliphatic rings. The Balaban J connectivity index is 1.92. The first kappa shape index (κ1) is 14.3. The maximum absolute atomic E-state index is 13.4. The van der Waals surface area contributed by atoms with Crippen LogP contribution in [-0.2, 0) is 6.54 Å². The monoisotopic (exact) mass is 296 g/mol. The van der Waals surface area contributed by atoms with Crippen LogP contribution in [0.25, 0.3) is 0 Å². The van der Waals surface area contributed by atoms with Crippen LogP contribution in [0.2, 0.25) is 0 Å². The van der Waals surface area contributed by atoms with Crippen molar-refractivity contribution in [3.05, 3.63) is 65.5 Å². The van der Waals surface area contributed by atoms with Crippen LogP contribution in [0.3, 0.4) is 0 Å². The van der Waals surface area contributed by atoms with Gasteiger partial charge in [0.15, 0.2) is 5.11 Å². The fourth-order valence-corrected chi connectivity index (χ4v) is 1.73. The highest BCUT2D eigenvalue weighted by Gasteiger charge is 2.05. The van der Waals surface area contributed by atoms with Crippen molar-refractivity contribution >= 4 is 23.0 Å². The van der Waals surface area contributed by atoms with Gasteiger partial charge in [-0.3, -0.25) is 0 Å². The molecule has 0 saturated carbocycles. The lowest BCUT2D eigenvalue weighted by Crippen LogP contribution is -2.28. The molecule has 0 spiro atoms. The van der Waals surface area contributed by atoms with Gasteiger partial charge in [-0.25, -0.2) is 13.2 Å². The quantitative estimate of drug-likeness (QED) is 0.846. The van der Waals surface area contributed by atoms with Gasteiger partial charge in [0.1, 0.15) is 17.5 Å². The largest absolute Gasteiger partial charge is 0.358 e. The molecule has 0 aliphatic carbocycles. The molecule has 2 rings (SSSR count). The lowest BCUT2D eigenvalue weighted by atomic mass is 10.2. The van der Waals surface area contributed by atoms with Gasteiger partial charge < -0.3 is 10.6 Å². The second-order valence-electron chi connectivity index (χ2n) is 4.06. The zero-order valence-corrected chi connectivity index (χ0v) is 11.1. The molecule has 0 fully saturated rings. The molecular formula is C14H11F3N2S. The Morgan fingerprint density at radius 2 is 1.60 bits per heavy atom. The Labute approximate surface area is 119 Å². The Morgan fingerprint density at radius 1 is 0.950 bits per heavy atom. The van der Waals surface area contributed by atoms with Crippen molar-refractivity contribution in [3.63, 3.8) is 0 Å². The van der Waals surface area contributed by atoms with Crippen LogP contribution in [-0.4, -0.2) is 5.11 Å². The van der Waals surface area contributed by atoms with E-state index in [-0.39, 0.29) is 16.6 Å². The summed E-state index contributed by atoms with van der Waals surface area (Å²) in [4.78, 5) is 0. The fourth-order valence-electron chi connectivity index (χ4n) is 1.54. The highest BCUT2D eigenvalue weighted by molar-refractivity contribution is 7.80. The van der Waals surface area contributed by atoms with E-state index in [1.807, 2.05) is 0 Å². The van der Waals surface area contributed by atoms with Crippen molar-refractivity contribution in [1.82, 2.24) is 5.32 Å². The van der Waals surface area contributed by atoms with Crippen LogP contribution >= 0.6 is 12.2 Å². The van der Waals surface area contributed by atoms with E-state index in [0.29, 0.717) is 6.54 Å². The van der Waals surface area contributed by atoms with E-state index in [2.05, 4.69) is 10.6 Å². The normalized spacial score (nSPS) is 10.2. The molecule has 0 aliphatic heterocycles. The topological polar surface area (TPSA) is 24.1 Å². The van der Waals surface area contributed by atoms with Crippen molar-refractivity contribution in [2.24, 2.45) is 0 Å². The van der Waals surface area contributed by atoms with Crippen LogP contribution in [0.1, 0.15) is 5.56 Å². The van der Waals surface area contributed by atoms with Crippen molar-refractivity contribution < 1.29 is 13.2 Å². The summed E-state index contributed by atoms with van der Waals surface area (Å²) in [7, 11) is 0. The van der Waals surface area contributed by atoms with E-state index in [4.69, 9.17) is 12.2 Å². The van der Waals surface area contributed by atoms with Gasteiger partial charge in [0, 0.05) is 12.6 Å². The number of thiocarbonyl (C=S) groups is 1. The molecule has 2 aromatic carbocycles. The number of hydrogen-bond acceptors (Lipinski definition) is 1. The Bertz CT molecular complexity index is 614. The molecule has 0 atom stereocenters. The average molecular weight is 296 g/mol. The summed E-state index contributed by atoms with van der Waals surface area (Å²) in [5, 5.41) is 5.54. The summed E-state index contributed by atoms with van der Waals surface area (Å²) in [6.07, 6.45) is 0. The van der Waals surface area contributed by atoms with Gasteiger partial charge >= 0.3 is 0 Å². The van der Waals surface area contributed by atoms with Gasteiger partial charge in [-0.05, 0) is 42.0 Å². The lowest BCUT2D eigenvalue weighted by Gasteiger charge is -2.11. The number of anilines is 1. The van der Waals surface area contributed by atoms with Crippen LogP contribution in [0.4, 0.5) is 18.9 Å². The van der Waals surface area contributed by atoms with Crippen molar-refractivity contribution in [1.29, 1.82) is 0 Å². The number of nitrogens with one attached hydrogen (secondary N) is 2. The Hall–Kier alpha value is -2.08. The van der Waals surface area contributed by atoms with E-state index in [1.54, 1.807) is 12.1 Å². The third-order valence-corrected chi connectivity index (χ3v) is 2.79. The van der Waals surface area contributed by atoms with Gasteiger partial charge in [0.05, 0.1) is 5.69 Å². The average Bonchev–Trinajstić information content (AvgIpc) is 2.42. The molecule has 2 aromatic rings. The van der Waals surface area contributed by atoms with E-state index < -0.39 is 11.6 Å². The Kier molecular flexibility index (Phi) is 4.57. The van der Waals surface area contributed by atoms with Crippen molar-refractivity contribution in [2.75, 3.05) is 5.32 Å². The minimum Gasteiger partial charge on any atom is -0.358 e. The third kappa shape index (κ3) is 3.96. The number of halogens is 3. The van der Waals surface area contributed by atoms with E-state index in [9.17, 15) is 13.2 Å². The minimum atomic E-state index is -0.600. The maximum Gasteiger partial charge on any atom is 0.171 e. The van der Waals surface area contributed by atoms with Gasteiger partial charge in [0.25, 0.3) is 0 Å². The second-order valence-corrected chi connectivity index (χ2v) is 4.47. The van der Waals surface area contributed by atoms with Gasteiger partial charge in [-0.1, -0.05) is 12.1 Å². The van der Waals surface area contributed by atoms with Crippen LogP contribution < -0.4 is 10.6 Å². The minimum absolute atomic E-state index is 0.0402. The standard InChI is InChI=1S/C14H11F3N2S/c15-10-3-1-9(2-4-10)8-18-14(20)19-13-7-11(16)5-6-12(13)17/h1-7H,8H2,(H2,18,19,20). The zero-order valence-electron chi connectivity index (χ0n) is 10.3. The number of hydrogen-bond donors (Lipinski definition) is 2. The predicted molar refractivity (Wildman–Crippen MR) is 75.8 cm³/mol. The highest BCUT2D eigenvalue weighted by atomic mass is 32.1. The SMILES string of the molecule is Fc1ccc(CNC(=S)Nc2cc(F)ccc2F)cc1. The van der Waals surface area contributed by atoms with E-state index >= 15 is 0 Å². The molecule has 0 amide bonds. The summed E-state index contributed by atoms with van der Waals surface area (Å²) >= 11 is 4.98. The number of benzene rings is 2. The summed E-state index contributed by atoms with van der Waals surface area (Å²) < 4.78 is 39.1. The maximum atomic E-state index is 13.4. The van der Waals surface area contributed by atoms with E-state index in [1.165, 1.54) is 12.1 Å². The van der Waals surface area contributed by atoms with Crippen molar-refractivity contribution in [3.8, 4) is 0 Å². The Morgan fingerprint density at radius 3 is 2.30 bits per heavy atom. The molecule has 2 nitrogen and oxygen atoms in total. The molecule has 0 heterocycles. The summed E-state index contributed by atoms with van der Waals surface area (Å²) in [6.45, 7) is 0.350. The van der Waals surface area contributed by atoms with Gasteiger partial charge in [0.2, 0.25) is 0 Å². The highest BCUT2D eigenvalue weighted by Crippen LogP contribution is 2.15. The van der Waals surface area contributed by atoms with Crippen molar-refractivity contribution in [2.45, 2.75) is 6.54 Å². The van der Waals surface area contributed by atoms with Crippen LogP contribution in [0, 0.1) is 17.5 Å². The van der Waals surface area contributed by atoms with Gasteiger partial charge in [-0.2, -0.15) is 0 Å². The van der Waals surface area contributed by atoms with E-state index in [0.717, 1.165) is 23.8 Å². The molecule has 104 valence electrons. The molecule has 0 bridgehead atoms. The lowest BCUT2D eigenvalue weighted by molar-refractivity contribution is 0.604. The van der Waals surface area contributed by atoms with Crippen LogP contribution in [0.15, 0.2) is 42.5 Å². The molecule has 6 heteroatoms. The molecule has 0 radical (unpaired) electrons. The first-order valence-electron chi connectivity index (χ1n) is 5.79. The molecular weight excluding hydrogens is 285 g/mol. The fraction of sp³-hybridized carbons (Fsp3) is 0.0714. The summed E-state index contributed by atoms with van der Waals surface area (Å²) in [5.41, 5.74) is 0.775. The molecule has 20 heavy (non-hydrogen) atoms. The van der Waals surface area contributed by atoms with Crippen LogP contribution in [0.5, 0.6) is 0 Å². The summed E-state index contributed by atoms with van der Waals surface area (Å²) in [5.74, 6) is -1.48. The smallest absolute Gasteiger partial charge is 0.171 e. The number of rotatable bonds is 3. The first-order chi connectivity index (χ1) is 9.54. The van der Waals surface area contributed by atoms with Gasteiger partial charge in [-0.15, -0.1) is 0 Å². The molecule has 0 saturated heterocycles. The first-order valence-corrected chi connectivity index (χ1v) is 6.20. The molecule has 0 aromatic heterocycles. The molecule has 2 N–H and O–H groups in total. The second kappa shape index (κ2) is 6.38. The summed E-state index contributed by atoms with van der Waals surface area (Å²) in [6, 6.07) is 8.93. The third-order valence-electron chi connectivity index (χ3n) is 2.54.